The molecule has 2 aromatic carbocycles. The molecule has 5 rings (SSSR count). The number of hydrogen-bond acceptors (Lipinski definition) is 8. The van der Waals surface area contributed by atoms with E-state index in [0.29, 0.717) is 31.4 Å². The normalized spacial score (nSPS) is 23.9. The number of amides is 1. The van der Waals surface area contributed by atoms with Crippen molar-refractivity contribution >= 4 is 29.0 Å². The van der Waals surface area contributed by atoms with Crippen LogP contribution in [0.15, 0.2) is 53.6 Å². The van der Waals surface area contributed by atoms with E-state index < -0.39 is 46.2 Å². The first-order valence-corrected chi connectivity index (χ1v) is 13.3. The highest BCUT2D eigenvalue weighted by Crippen LogP contribution is 2.51. The molecule has 0 radical (unpaired) electrons. The summed E-state index contributed by atoms with van der Waals surface area (Å²) in [5.41, 5.74) is 5.65. The van der Waals surface area contributed by atoms with Gasteiger partial charge in [0.25, 0.3) is 5.91 Å². The van der Waals surface area contributed by atoms with Crippen LogP contribution in [0.1, 0.15) is 36.0 Å². The number of hydrogen-bond donors (Lipinski definition) is 4. The van der Waals surface area contributed by atoms with Gasteiger partial charge in [-0.15, -0.1) is 0 Å². The smallest absolute Gasteiger partial charge is 0.252 e. The van der Waals surface area contributed by atoms with Gasteiger partial charge in [0.05, 0.1) is 17.7 Å². The van der Waals surface area contributed by atoms with Gasteiger partial charge in [-0.25, -0.2) is 0 Å². The molecule has 0 aromatic heterocycles. The average molecular weight is 545 g/mol. The summed E-state index contributed by atoms with van der Waals surface area (Å²) in [6.07, 6.45) is 3.08. The number of Topliss-reactive ketones (excluding diaryl/α,β-unsaturated/α-hetero) is 3. The van der Waals surface area contributed by atoms with Gasteiger partial charge < -0.3 is 26.0 Å². The van der Waals surface area contributed by atoms with Gasteiger partial charge in [0.15, 0.2) is 5.60 Å². The predicted molar refractivity (Wildman–Crippen MR) is 147 cm³/mol. The van der Waals surface area contributed by atoms with Gasteiger partial charge in [-0.3, -0.25) is 19.2 Å². The van der Waals surface area contributed by atoms with E-state index >= 15 is 0 Å². The molecule has 40 heavy (non-hydrogen) atoms. The molecule has 0 heterocycles. The zero-order valence-electron chi connectivity index (χ0n) is 22.4. The Kier molecular flexibility index (Phi) is 6.97. The second-order valence-corrected chi connectivity index (χ2v) is 11.2. The standard InChI is InChI=1S/C31H32N2O7/c1-33(2)15-20(34)9-5-16-3-6-17(7-4-16)21-11-12-24(35)26-23(21)14-18-13-19-8-10-22(30(32)39)28(37)31(19,40)29(38)25(18)27(26)36/h3-4,6-7,10-12,18-19,35-36,40H,5,8-9,13-15H2,1-2H3,(H2,32,39)/t18-,19-,31-/m1/s1. The Labute approximate surface area is 231 Å². The molecule has 9 nitrogen and oxygen atoms in total. The van der Waals surface area contributed by atoms with Crippen LogP contribution in [0.25, 0.3) is 16.9 Å². The van der Waals surface area contributed by atoms with Crippen molar-refractivity contribution < 1.29 is 34.5 Å². The van der Waals surface area contributed by atoms with E-state index in [4.69, 9.17) is 5.73 Å². The summed E-state index contributed by atoms with van der Waals surface area (Å²) in [4.78, 5) is 52.3. The van der Waals surface area contributed by atoms with Gasteiger partial charge in [0.1, 0.15) is 17.3 Å². The van der Waals surface area contributed by atoms with E-state index in [-0.39, 0.29) is 35.5 Å². The number of nitrogens with zero attached hydrogens (tertiary/aromatic N) is 1. The number of aliphatic hydroxyl groups excluding tert-OH is 1. The molecule has 1 saturated carbocycles. The van der Waals surface area contributed by atoms with Gasteiger partial charge in [0.2, 0.25) is 11.6 Å². The Morgan fingerprint density at radius 2 is 1.75 bits per heavy atom. The maximum absolute atomic E-state index is 13.6. The molecular formula is C31H32N2O7. The number of rotatable bonds is 7. The summed E-state index contributed by atoms with van der Waals surface area (Å²) in [6, 6.07) is 10.9. The van der Waals surface area contributed by atoms with Crippen LogP contribution in [-0.4, -0.2) is 69.7 Å². The zero-order valence-corrected chi connectivity index (χ0v) is 22.4. The minimum absolute atomic E-state index is 0.0893. The highest BCUT2D eigenvalue weighted by molar-refractivity contribution is 6.32. The topological polar surface area (TPSA) is 158 Å². The Morgan fingerprint density at radius 1 is 1.05 bits per heavy atom. The molecule has 3 aliphatic rings. The molecule has 3 atom stereocenters. The monoisotopic (exact) mass is 544 g/mol. The number of carbonyl (C=O) groups excluding carboxylic acids is 4. The number of phenolic OH excluding ortho intramolecular Hbond substituents is 1. The zero-order chi connectivity index (χ0) is 28.9. The SMILES string of the molecule is CN(C)CC(=O)CCc1ccc(-c2ccc(O)c3c2C[C@H]2C[C@H]4CC=C(C(N)=O)C(=O)[C@@]4(O)C(=O)C2=C3O)cc1. The van der Waals surface area contributed by atoms with Crippen molar-refractivity contribution in [3.63, 3.8) is 0 Å². The van der Waals surface area contributed by atoms with Crippen LogP contribution in [0.3, 0.4) is 0 Å². The molecule has 0 aliphatic heterocycles. The van der Waals surface area contributed by atoms with Crippen LogP contribution in [0.4, 0.5) is 0 Å². The van der Waals surface area contributed by atoms with Gasteiger partial charge in [-0.05, 0) is 74.0 Å². The minimum atomic E-state index is -2.49. The number of ketones is 3. The first kappa shape index (κ1) is 27.5. The summed E-state index contributed by atoms with van der Waals surface area (Å²) in [7, 11) is 3.71. The minimum Gasteiger partial charge on any atom is -0.507 e. The van der Waals surface area contributed by atoms with Crippen LogP contribution in [0.2, 0.25) is 0 Å². The summed E-state index contributed by atoms with van der Waals surface area (Å²) >= 11 is 0. The largest absolute Gasteiger partial charge is 0.507 e. The van der Waals surface area contributed by atoms with Crippen LogP contribution in [-0.2, 0) is 32.0 Å². The summed E-state index contributed by atoms with van der Waals surface area (Å²) < 4.78 is 0. The van der Waals surface area contributed by atoms with Crippen molar-refractivity contribution in [1.29, 1.82) is 0 Å². The third kappa shape index (κ3) is 4.45. The molecule has 1 amide bonds. The van der Waals surface area contributed by atoms with Crippen molar-refractivity contribution in [2.24, 2.45) is 17.6 Å². The lowest BCUT2D eigenvalue weighted by Crippen LogP contribution is -2.60. The van der Waals surface area contributed by atoms with Crippen molar-refractivity contribution in [1.82, 2.24) is 4.90 Å². The molecule has 208 valence electrons. The lowest BCUT2D eigenvalue weighted by Gasteiger charge is -2.45. The van der Waals surface area contributed by atoms with E-state index in [1.165, 1.54) is 12.1 Å². The molecule has 0 saturated heterocycles. The third-order valence-corrected chi connectivity index (χ3v) is 8.31. The number of fused-ring (bicyclic) bond motifs is 3. The molecule has 0 spiro atoms. The number of allylic oxidation sites excluding steroid dienone is 1. The average Bonchev–Trinajstić information content (AvgIpc) is 2.89. The molecule has 5 N–H and O–H groups in total. The quantitative estimate of drug-likeness (QED) is 0.305. The number of carbonyl (C=O) groups is 4. The lowest BCUT2D eigenvalue weighted by atomic mass is 9.59. The van der Waals surface area contributed by atoms with Crippen LogP contribution < -0.4 is 5.73 Å². The Balaban J connectivity index is 1.49. The van der Waals surface area contributed by atoms with Gasteiger partial charge in [-0.1, -0.05) is 36.4 Å². The predicted octanol–water partition coefficient (Wildman–Crippen LogP) is 2.27. The first-order chi connectivity index (χ1) is 18.9. The van der Waals surface area contributed by atoms with Crippen molar-refractivity contribution in [3.8, 4) is 16.9 Å². The van der Waals surface area contributed by atoms with E-state index in [1.807, 2.05) is 43.3 Å². The van der Waals surface area contributed by atoms with E-state index in [1.54, 1.807) is 6.07 Å². The molecular weight excluding hydrogens is 512 g/mol. The number of primary amides is 1. The van der Waals surface area contributed by atoms with Crippen LogP contribution in [0, 0.1) is 11.8 Å². The molecule has 2 aromatic rings. The Hall–Kier alpha value is -4.08. The fourth-order valence-electron chi connectivity index (χ4n) is 6.35. The molecule has 9 heteroatoms. The van der Waals surface area contributed by atoms with Crippen LogP contribution >= 0.6 is 0 Å². The summed E-state index contributed by atoms with van der Waals surface area (Å²) in [5, 5.41) is 33.4. The number of nitrogens with two attached hydrogens (primary N) is 1. The fourth-order valence-corrected chi connectivity index (χ4v) is 6.35. The second-order valence-electron chi connectivity index (χ2n) is 11.2. The molecule has 1 fully saturated rings. The maximum Gasteiger partial charge on any atom is 0.252 e. The van der Waals surface area contributed by atoms with E-state index in [0.717, 1.165) is 16.7 Å². The van der Waals surface area contributed by atoms with E-state index in [2.05, 4.69) is 0 Å². The summed E-state index contributed by atoms with van der Waals surface area (Å²) in [5.74, 6) is -4.83. The second kappa shape index (κ2) is 10.1. The maximum atomic E-state index is 13.6. The van der Waals surface area contributed by atoms with E-state index in [9.17, 15) is 34.5 Å². The number of benzene rings is 2. The Morgan fingerprint density at radius 3 is 2.40 bits per heavy atom. The van der Waals surface area contributed by atoms with Crippen molar-refractivity contribution in [2.75, 3.05) is 20.6 Å². The highest BCUT2D eigenvalue weighted by Gasteiger charge is 2.60. The Bertz CT molecular complexity index is 1500. The number of phenols is 1. The lowest BCUT2D eigenvalue weighted by molar-refractivity contribution is -0.157. The summed E-state index contributed by atoms with van der Waals surface area (Å²) in [6.45, 7) is 0.398. The van der Waals surface area contributed by atoms with Crippen molar-refractivity contribution in [3.05, 3.63) is 70.3 Å². The van der Waals surface area contributed by atoms with Gasteiger partial charge >= 0.3 is 0 Å². The number of aromatic hydroxyl groups is 1. The number of likely N-dealkylation sites (N-methyl/N-ethyl adjacent to an activating group) is 1. The molecule has 0 bridgehead atoms. The van der Waals surface area contributed by atoms with Gasteiger partial charge in [-0.2, -0.15) is 0 Å². The van der Waals surface area contributed by atoms with Gasteiger partial charge in [0, 0.05) is 17.9 Å². The molecule has 0 unspecified atom stereocenters. The fraction of sp³-hybridized carbons (Fsp3) is 0.355. The van der Waals surface area contributed by atoms with Crippen LogP contribution in [0.5, 0.6) is 5.75 Å². The highest BCUT2D eigenvalue weighted by atomic mass is 16.3. The first-order valence-electron chi connectivity index (χ1n) is 13.3. The van der Waals surface area contributed by atoms with Crippen molar-refractivity contribution in [2.45, 2.75) is 37.7 Å². The molecule has 3 aliphatic carbocycles. The third-order valence-electron chi connectivity index (χ3n) is 8.31. The number of aryl methyl sites for hydroxylation is 1. The number of aliphatic hydroxyl groups is 2.